The van der Waals surface area contributed by atoms with Gasteiger partial charge in [0.1, 0.15) is 5.82 Å². The summed E-state index contributed by atoms with van der Waals surface area (Å²) in [4.78, 5) is 8.06. The van der Waals surface area contributed by atoms with Crippen LogP contribution in [0.25, 0.3) is 0 Å². The molecule has 2 rings (SSSR count). The van der Waals surface area contributed by atoms with E-state index < -0.39 is 12.4 Å². The van der Waals surface area contributed by atoms with Crippen molar-refractivity contribution < 1.29 is 12.9 Å². The zero-order chi connectivity index (χ0) is 12.5. The molecule has 17 heavy (non-hydrogen) atoms. The molecule has 1 aromatic rings. The summed E-state index contributed by atoms with van der Waals surface area (Å²) in [5, 5.41) is 0. The topological polar surface area (TPSA) is 19.4 Å². The average Bonchev–Trinajstić information content (AvgIpc) is 2.29. The number of rotatable bonds is 2. The normalized spacial score (nSPS) is 18.5. The van der Waals surface area contributed by atoms with Crippen LogP contribution in [0.5, 0.6) is 0 Å². The largest absolute Gasteiger partial charge is 0.509 e. The molecule has 0 radical (unpaired) electrons. The minimum absolute atomic E-state index is 0.426. The first-order chi connectivity index (χ1) is 7.97. The lowest BCUT2D eigenvalue weighted by molar-refractivity contribution is 0.312. The summed E-state index contributed by atoms with van der Waals surface area (Å²) in [5.41, 5.74) is -0.575. The molecule has 0 bridgehead atoms. The van der Waals surface area contributed by atoms with Crippen LogP contribution in [-0.2, 0) is 0 Å². The van der Waals surface area contributed by atoms with Crippen molar-refractivity contribution in [3.8, 4) is 0 Å². The molecule has 94 valence electrons. The zero-order valence-corrected chi connectivity index (χ0v) is 9.61. The Morgan fingerprint density at radius 3 is 2.41 bits per heavy atom. The van der Waals surface area contributed by atoms with E-state index in [-0.39, 0.29) is 0 Å². The maximum absolute atomic E-state index is 12.6. The van der Waals surface area contributed by atoms with Gasteiger partial charge in [0.15, 0.2) is 0 Å². The third-order valence-corrected chi connectivity index (χ3v) is 2.97. The van der Waals surface area contributed by atoms with E-state index >= 15 is 0 Å². The van der Waals surface area contributed by atoms with Gasteiger partial charge < -0.3 is 22.7 Å². The van der Waals surface area contributed by atoms with Gasteiger partial charge in [-0.25, -0.2) is 4.98 Å². The summed E-state index contributed by atoms with van der Waals surface area (Å²) in [7, 11) is 2.00. The molecular weight excluding hydrogens is 230 g/mol. The molecule has 1 fully saturated rings. The van der Waals surface area contributed by atoms with Gasteiger partial charge in [-0.3, -0.25) is 0 Å². The second-order valence-electron chi connectivity index (χ2n) is 4.31. The van der Waals surface area contributed by atoms with Crippen molar-refractivity contribution in [1.82, 2.24) is 9.88 Å². The van der Waals surface area contributed by atoms with E-state index in [1.54, 1.807) is 0 Å². The van der Waals surface area contributed by atoms with E-state index in [0.717, 1.165) is 38.3 Å². The summed E-state index contributed by atoms with van der Waals surface area (Å²) in [5.74, 6) is 0.426. The molecule has 1 saturated heterocycles. The molecule has 0 unspecified atom stereocenters. The van der Waals surface area contributed by atoms with E-state index in [1.165, 1.54) is 6.20 Å². The highest BCUT2D eigenvalue weighted by Gasteiger charge is 2.26. The van der Waals surface area contributed by atoms with E-state index in [0.29, 0.717) is 5.82 Å². The molecule has 0 saturated carbocycles. The summed E-state index contributed by atoms with van der Waals surface area (Å²) in [6, 6.07) is 2.17. The Hall–Kier alpha value is -1.24. The lowest BCUT2D eigenvalue weighted by Gasteiger charge is -2.33. The lowest BCUT2D eigenvalue weighted by atomic mass is 9.81. The van der Waals surface area contributed by atoms with E-state index in [1.807, 2.05) is 11.9 Å². The third kappa shape index (κ3) is 2.91. The quantitative estimate of drug-likeness (QED) is 0.720. The van der Waals surface area contributed by atoms with Gasteiger partial charge in [-0.1, -0.05) is 6.07 Å². The molecule has 0 aromatic carbocycles. The Kier molecular flexibility index (Phi) is 3.28. The van der Waals surface area contributed by atoms with Crippen LogP contribution < -0.4 is 10.4 Å². The number of nitrogens with zero attached hydrogens (tertiary/aromatic N) is 3. The molecule has 0 aliphatic carbocycles. The van der Waals surface area contributed by atoms with Crippen LogP contribution in [0.3, 0.4) is 0 Å². The minimum Gasteiger partial charge on any atom is -0.445 e. The van der Waals surface area contributed by atoms with Crippen LogP contribution in [0.1, 0.15) is 0 Å². The smallest absolute Gasteiger partial charge is 0.445 e. The Morgan fingerprint density at radius 2 is 1.82 bits per heavy atom. The van der Waals surface area contributed by atoms with Gasteiger partial charge in [-0.15, -0.1) is 5.46 Å². The molecule has 2 heterocycles. The fourth-order valence-corrected chi connectivity index (χ4v) is 1.85. The molecule has 1 aliphatic rings. The molecule has 1 aliphatic heterocycles. The number of hydrogen-bond acceptors (Lipinski definition) is 3. The standard InChI is InChI=1S/C10H14BF3N3/c1-16-4-6-17(7-5-16)10-8-9(2-3-15-10)11(12,13)14/h2-3,8H,4-7H2,1H3/q-1. The van der Waals surface area contributed by atoms with Crippen molar-refractivity contribution in [1.29, 1.82) is 0 Å². The highest BCUT2D eigenvalue weighted by atomic mass is 19.4. The molecule has 7 heteroatoms. The van der Waals surface area contributed by atoms with Gasteiger partial charge in [0.2, 0.25) is 0 Å². The maximum Gasteiger partial charge on any atom is 0.509 e. The highest BCUT2D eigenvalue weighted by Crippen LogP contribution is 2.15. The van der Waals surface area contributed by atoms with Crippen molar-refractivity contribution >= 4 is 18.3 Å². The predicted molar refractivity (Wildman–Crippen MR) is 62.7 cm³/mol. The van der Waals surface area contributed by atoms with Gasteiger partial charge in [-0.2, -0.15) is 0 Å². The molecule has 1 aromatic heterocycles. The monoisotopic (exact) mass is 244 g/mol. The number of piperazine rings is 1. The first-order valence-corrected chi connectivity index (χ1v) is 5.56. The van der Waals surface area contributed by atoms with Crippen LogP contribution in [-0.4, -0.2) is 50.1 Å². The van der Waals surface area contributed by atoms with E-state index in [4.69, 9.17) is 0 Å². The van der Waals surface area contributed by atoms with Gasteiger partial charge in [-0.05, 0) is 13.1 Å². The van der Waals surface area contributed by atoms with Crippen molar-refractivity contribution in [2.24, 2.45) is 0 Å². The van der Waals surface area contributed by atoms with Gasteiger partial charge in [0.25, 0.3) is 0 Å². The fourth-order valence-electron chi connectivity index (χ4n) is 1.85. The second-order valence-corrected chi connectivity index (χ2v) is 4.31. The SMILES string of the molecule is CN1CCN(c2cc([B-](F)(F)F)ccn2)CC1. The van der Waals surface area contributed by atoms with Crippen LogP contribution in [0.4, 0.5) is 18.8 Å². The predicted octanol–water partition coefficient (Wildman–Crippen LogP) is 0.888. The average molecular weight is 244 g/mol. The van der Waals surface area contributed by atoms with Gasteiger partial charge >= 0.3 is 6.98 Å². The molecule has 0 spiro atoms. The number of aromatic nitrogens is 1. The van der Waals surface area contributed by atoms with Crippen molar-refractivity contribution in [3.63, 3.8) is 0 Å². The van der Waals surface area contributed by atoms with E-state index in [2.05, 4.69) is 9.88 Å². The van der Waals surface area contributed by atoms with Gasteiger partial charge in [0.05, 0.1) is 0 Å². The Balaban J connectivity index is 2.16. The highest BCUT2D eigenvalue weighted by molar-refractivity contribution is 6.73. The molecule has 0 atom stereocenters. The third-order valence-electron chi connectivity index (χ3n) is 2.97. The van der Waals surface area contributed by atoms with Crippen LogP contribution in [0.15, 0.2) is 18.3 Å². The summed E-state index contributed by atoms with van der Waals surface area (Å²) >= 11 is 0. The fraction of sp³-hybridized carbons (Fsp3) is 0.500. The minimum atomic E-state index is -4.94. The molecule has 0 amide bonds. The molecule has 3 nitrogen and oxygen atoms in total. The molecule has 0 N–H and O–H groups in total. The first-order valence-electron chi connectivity index (χ1n) is 5.56. The van der Waals surface area contributed by atoms with Crippen molar-refractivity contribution in [2.75, 3.05) is 38.1 Å². The zero-order valence-electron chi connectivity index (χ0n) is 9.61. The first kappa shape index (κ1) is 12.2. The lowest BCUT2D eigenvalue weighted by Crippen LogP contribution is -2.45. The summed E-state index contributed by atoms with van der Waals surface area (Å²) < 4.78 is 37.8. The second kappa shape index (κ2) is 4.56. The van der Waals surface area contributed by atoms with Crippen LogP contribution in [0, 0.1) is 0 Å². The molecular formula is C10H14BF3N3-. The Labute approximate surface area is 98.3 Å². The number of hydrogen-bond donors (Lipinski definition) is 0. The Bertz CT molecular complexity index is 389. The van der Waals surface area contributed by atoms with Crippen LogP contribution >= 0.6 is 0 Å². The number of likely N-dealkylation sites (N-methyl/N-ethyl adjacent to an activating group) is 1. The number of pyridine rings is 1. The maximum atomic E-state index is 12.6. The van der Waals surface area contributed by atoms with Crippen molar-refractivity contribution in [2.45, 2.75) is 0 Å². The summed E-state index contributed by atoms with van der Waals surface area (Å²) in [6.07, 6.45) is 1.23. The summed E-state index contributed by atoms with van der Waals surface area (Å²) in [6.45, 7) is -1.80. The Morgan fingerprint density at radius 1 is 1.18 bits per heavy atom. The van der Waals surface area contributed by atoms with Gasteiger partial charge in [0, 0.05) is 32.4 Å². The number of halogens is 3. The van der Waals surface area contributed by atoms with E-state index in [9.17, 15) is 12.9 Å². The van der Waals surface area contributed by atoms with Crippen molar-refractivity contribution in [3.05, 3.63) is 18.3 Å². The number of anilines is 1. The van der Waals surface area contributed by atoms with Crippen LogP contribution in [0.2, 0.25) is 0 Å².